The molecule has 0 saturated heterocycles. The summed E-state index contributed by atoms with van der Waals surface area (Å²) >= 11 is 0. The fourth-order valence-corrected chi connectivity index (χ4v) is 2.56. The van der Waals surface area contributed by atoms with Crippen LogP contribution in [0.5, 0.6) is 0 Å². The number of aromatic nitrogens is 2. The Morgan fingerprint density at radius 1 is 1.22 bits per heavy atom. The third kappa shape index (κ3) is 2.94. The molecule has 0 radical (unpaired) electrons. The Morgan fingerprint density at radius 3 is 2.83 bits per heavy atom. The summed E-state index contributed by atoms with van der Waals surface area (Å²) in [4.78, 5) is 0. The van der Waals surface area contributed by atoms with Crippen LogP contribution in [-0.4, -0.2) is 10.2 Å². The highest BCUT2D eigenvalue weighted by atomic mass is 15.2. The highest BCUT2D eigenvalue weighted by Crippen LogP contribution is 2.29. The van der Waals surface area contributed by atoms with Crippen LogP contribution in [0, 0.1) is 13.8 Å². The topological polar surface area (TPSA) is 63.8 Å². The van der Waals surface area contributed by atoms with E-state index in [9.17, 15) is 0 Å². The predicted molar refractivity (Wildman–Crippen MR) is 72.7 cm³/mol. The zero-order valence-corrected chi connectivity index (χ0v) is 11.2. The summed E-state index contributed by atoms with van der Waals surface area (Å²) < 4.78 is 0. The van der Waals surface area contributed by atoms with Crippen LogP contribution in [-0.2, 0) is 0 Å². The smallest absolute Gasteiger partial charge is 0.0689 e. The van der Waals surface area contributed by atoms with Gasteiger partial charge in [-0.3, -0.25) is 5.84 Å². The standard InChI is InChI=1S/C14H22N4/c1-10-9-13(11(2)18-17-10)14(16-15)12-7-5-3-4-6-8-12/h7,9,14,16H,3-6,8,15H2,1-2H3. The van der Waals surface area contributed by atoms with E-state index >= 15 is 0 Å². The molecule has 1 atom stereocenters. The summed E-state index contributed by atoms with van der Waals surface area (Å²) in [5.74, 6) is 5.77. The molecule has 4 heteroatoms. The molecule has 0 aromatic carbocycles. The summed E-state index contributed by atoms with van der Waals surface area (Å²) in [5.41, 5.74) is 7.38. The summed E-state index contributed by atoms with van der Waals surface area (Å²) in [7, 11) is 0. The van der Waals surface area contributed by atoms with Gasteiger partial charge in [-0.1, -0.05) is 18.1 Å². The molecule has 3 N–H and O–H groups in total. The predicted octanol–water partition coefficient (Wildman–Crippen LogP) is 2.49. The molecule has 0 spiro atoms. The van der Waals surface area contributed by atoms with Gasteiger partial charge in [-0.25, -0.2) is 5.43 Å². The van der Waals surface area contributed by atoms with Gasteiger partial charge in [-0.2, -0.15) is 10.2 Å². The Kier molecular flexibility index (Phi) is 4.44. The van der Waals surface area contributed by atoms with Gasteiger partial charge in [0.1, 0.15) is 0 Å². The first-order valence-electron chi connectivity index (χ1n) is 6.68. The number of rotatable bonds is 3. The fraction of sp³-hybridized carbons (Fsp3) is 0.571. The van der Waals surface area contributed by atoms with Gasteiger partial charge in [-0.15, -0.1) is 0 Å². The van der Waals surface area contributed by atoms with E-state index in [0.717, 1.165) is 29.8 Å². The van der Waals surface area contributed by atoms with E-state index in [0.29, 0.717) is 0 Å². The van der Waals surface area contributed by atoms with Crippen molar-refractivity contribution in [1.82, 2.24) is 15.6 Å². The molecule has 0 aliphatic heterocycles. The highest BCUT2D eigenvalue weighted by Gasteiger charge is 2.19. The first-order valence-corrected chi connectivity index (χ1v) is 6.68. The fourth-order valence-electron chi connectivity index (χ4n) is 2.56. The van der Waals surface area contributed by atoms with E-state index in [1.54, 1.807) is 0 Å². The van der Waals surface area contributed by atoms with Crippen LogP contribution in [0.2, 0.25) is 0 Å². The number of allylic oxidation sites excluding steroid dienone is 1. The van der Waals surface area contributed by atoms with Gasteiger partial charge in [0.05, 0.1) is 17.4 Å². The number of hydrogen-bond acceptors (Lipinski definition) is 4. The maximum atomic E-state index is 5.77. The minimum Gasteiger partial charge on any atom is -0.271 e. The van der Waals surface area contributed by atoms with Crippen molar-refractivity contribution in [3.63, 3.8) is 0 Å². The summed E-state index contributed by atoms with van der Waals surface area (Å²) in [6.45, 7) is 3.95. The maximum absolute atomic E-state index is 5.77. The molecule has 0 fully saturated rings. The number of hydrogen-bond donors (Lipinski definition) is 2. The Morgan fingerprint density at radius 2 is 2.06 bits per heavy atom. The van der Waals surface area contributed by atoms with Crippen LogP contribution in [0.3, 0.4) is 0 Å². The molecule has 1 aromatic rings. The van der Waals surface area contributed by atoms with E-state index in [-0.39, 0.29) is 6.04 Å². The van der Waals surface area contributed by atoms with Gasteiger partial charge >= 0.3 is 0 Å². The highest BCUT2D eigenvalue weighted by molar-refractivity contribution is 5.31. The Bertz CT molecular complexity index is 439. The average Bonchev–Trinajstić information content (AvgIpc) is 2.64. The minimum absolute atomic E-state index is 0.0808. The van der Waals surface area contributed by atoms with E-state index < -0.39 is 0 Å². The van der Waals surface area contributed by atoms with Crippen LogP contribution in [0.1, 0.15) is 55.1 Å². The van der Waals surface area contributed by atoms with Crippen molar-refractivity contribution in [2.24, 2.45) is 5.84 Å². The lowest BCUT2D eigenvalue weighted by Crippen LogP contribution is -2.30. The third-order valence-corrected chi connectivity index (χ3v) is 3.56. The van der Waals surface area contributed by atoms with E-state index in [1.807, 2.05) is 13.8 Å². The molecule has 18 heavy (non-hydrogen) atoms. The van der Waals surface area contributed by atoms with E-state index in [1.165, 1.54) is 24.8 Å². The van der Waals surface area contributed by atoms with Gasteiger partial charge < -0.3 is 0 Å². The van der Waals surface area contributed by atoms with Gasteiger partial charge in [-0.05, 0) is 51.2 Å². The molecule has 1 aromatic heterocycles. The first-order chi connectivity index (χ1) is 8.72. The second kappa shape index (κ2) is 6.07. The zero-order chi connectivity index (χ0) is 13.0. The number of nitrogens with two attached hydrogens (primary N) is 1. The molecule has 0 saturated carbocycles. The van der Waals surface area contributed by atoms with Crippen molar-refractivity contribution in [2.75, 3.05) is 0 Å². The number of nitrogens with zero attached hydrogens (tertiary/aromatic N) is 2. The summed E-state index contributed by atoms with van der Waals surface area (Å²) in [5, 5.41) is 8.27. The minimum atomic E-state index is 0.0808. The van der Waals surface area contributed by atoms with Crippen LogP contribution < -0.4 is 11.3 Å². The molecular weight excluding hydrogens is 224 g/mol. The SMILES string of the molecule is Cc1cc(C(NN)C2=CCCCCC2)c(C)nn1. The summed E-state index contributed by atoms with van der Waals surface area (Å²) in [6.07, 6.45) is 8.46. The quantitative estimate of drug-likeness (QED) is 0.488. The number of aryl methyl sites for hydroxylation is 2. The van der Waals surface area contributed by atoms with Crippen LogP contribution in [0.25, 0.3) is 0 Å². The average molecular weight is 246 g/mol. The second-order valence-electron chi connectivity index (χ2n) is 5.00. The lowest BCUT2D eigenvalue weighted by atomic mass is 9.94. The molecule has 1 heterocycles. The Hall–Kier alpha value is -1.26. The normalized spacial score (nSPS) is 18.1. The van der Waals surface area contributed by atoms with Crippen LogP contribution in [0.4, 0.5) is 0 Å². The first kappa shape index (κ1) is 13.2. The number of hydrazine groups is 1. The molecule has 1 aliphatic rings. The Labute approximate surface area is 109 Å². The van der Waals surface area contributed by atoms with Crippen LogP contribution >= 0.6 is 0 Å². The summed E-state index contributed by atoms with van der Waals surface area (Å²) in [6, 6.07) is 2.16. The van der Waals surface area contributed by atoms with Crippen LogP contribution in [0.15, 0.2) is 17.7 Å². The van der Waals surface area contributed by atoms with Crippen molar-refractivity contribution in [3.8, 4) is 0 Å². The van der Waals surface area contributed by atoms with Gasteiger partial charge in [0, 0.05) is 0 Å². The molecule has 98 valence electrons. The zero-order valence-electron chi connectivity index (χ0n) is 11.2. The van der Waals surface area contributed by atoms with Crippen molar-refractivity contribution < 1.29 is 0 Å². The van der Waals surface area contributed by atoms with E-state index in [4.69, 9.17) is 5.84 Å². The van der Waals surface area contributed by atoms with Crippen molar-refractivity contribution >= 4 is 0 Å². The molecule has 1 aliphatic carbocycles. The van der Waals surface area contributed by atoms with Gasteiger partial charge in [0.15, 0.2) is 0 Å². The monoisotopic (exact) mass is 246 g/mol. The molecule has 0 amide bonds. The Balaban J connectivity index is 2.32. The number of nitrogens with one attached hydrogen (secondary N) is 1. The largest absolute Gasteiger partial charge is 0.271 e. The second-order valence-corrected chi connectivity index (χ2v) is 5.00. The van der Waals surface area contributed by atoms with Crippen molar-refractivity contribution in [2.45, 2.75) is 52.0 Å². The van der Waals surface area contributed by atoms with Crippen molar-refractivity contribution in [3.05, 3.63) is 34.7 Å². The van der Waals surface area contributed by atoms with Gasteiger partial charge in [0.25, 0.3) is 0 Å². The lowest BCUT2D eigenvalue weighted by molar-refractivity contribution is 0.585. The van der Waals surface area contributed by atoms with Gasteiger partial charge in [0.2, 0.25) is 0 Å². The lowest BCUT2D eigenvalue weighted by Gasteiger charge is -2.21. The van der Waals surface area contributed by atoms with E-state index in [2.05, 4.69) is 27.8 Å². The molecule has 0 bridgehead atoms. The maximum Gasteiger partial charge on any atom is 0.0689 e. The van der Waals surface area contributed by atoms with Crippen molar-refractivity contribution in [1.29, 1.82) is 0 Å². The molecule has 2 rings (SSSR count). The molecule has 1 unspecified atom stereocenters. The molecule has 4 nitrogen and oxygen atoms in total. The molecular formula is C14H22N4. The third-order valence-electron chi connectivity index (χ3n) is 3.56.